The highest BCUT2D eigenvalue weighted by Crippen LogP contribution is 2.16. The maximum atomic E-state index is 12.8. The van der Waals surface area contributed by atoms with E-state index in [9.17, 15) is 19.3 Å². The summed E-state index contributed by atoms with van der Waals surface area (Å²) in [6.07, 6.45) is 2.57. The number of benzene rings is 1. The van der Waals surface area contributed by atoms with E-state index < -0.39 is 16.6 Å². The maximum absolute atomic E-state index is 12.8. The van der Waals surface area contributed by atoms with Gasteiger partial charge in [-0.3, -0.25) is 4.79 Å². The summed E-state index contributed by atoms with van der Waals surface area (Å²) in [5.74, 6) is -1.14. The lowest BCUT2D eigenvalue weighted by Crippen LogP contribution is -2.11. The van der Waals surface area contributed by atoms with Crippen LogP contribution in [0.15, 0.2) is 36.8 Å². The van der Waals surface area contributed by atoms with E-state index in [1.54, 1.807) is 0 Å². The standard InChI is InChI=1S/C13H9FN6O3S/c14-8-1-3-9(4-2-8)16-12(21)13-18-17-11(24-13)6-19-5-10(15-7-19)20(22)23/h1-5,7H,6H2,(H,16,21). The fraction of sp³-hybridized carbons (Fsp3) is 0.0769. The largest absolute Gasteiger partial charge is 0.381 e. The Kier molecular flexibility index (Phi) is 4.24. The van der Waals surface area contributed by atoms with Crippen LogP contribution in [-0.2, 0) is 6.54 Å². The van der Waals surface area contributed by atoms with Crippen molar-refractivity contribution in [2.75, 3.05) is 5.32 Å². The number of aromatic nitrogens is 4. The molecule has 2 heterocycles. The van der Waals surface area contributed by atoms with Gasteiger partial charge in [0.2, 0.25) is 11.3 Å². The van der Waals surface area contributed by atoms with Gasteiger partial charge in [-0.2, -0.15) is 0 Å². The molecule has 0 radical (unpaired) electrons. The molecule has 0 spiro atoms. The molecule has 11 heteroatoms. The van der Waals surface area contributed by atoms with E-state index in [1.165, 1.54) is 41.4 Å². The first-order chi connectivity index (χ1) is 11.5. The normalized spacial score (nSPS) is 10.5. The van der Waals surface area contributed by atoms with Gasteiger partial charge in [0.05, 0.1) is 6.54 Å². The Balaban J connectivity index is 1.66. The molecule has 0 aliphatic rings. The van der Waals surface area contributed by atoms with Crippen molar-refractivity contribution in [2.24, 2.45) is 0 Å². The number of halogens is 1. The molecule has 0 fully saturated rings. The van der Waals surface area contributed by atoms with Crippen LogP contribution in [0.5, 0.6) is 0 Å². The number of hydrogen-bond acceptors (Lipinski definition) is 7. The van der Waals surface area contributed by atoms with Gasteiger partial charge < -0.3 is 20.0 Å². The van der Waals surface area contributed by atoms with E-state index in [1.807, 2.05) is 0 Å². The minimum Gasteiger partial charge on any atom is -0.358 e. The number of hydrogen-bond donors (Lipinski definition) is 1. The molecule has 0 unspecified atom stereocenters. The molecular weight excluding hydrogens is 339 g/mol. The first kappa shape index (κ1) is 15.7. The zero-order valence-electron chi connectivity index (χ0n) is 11.9. The fourth-order valence-electron chi connectivity index (χ4n) is 1.81. The predicted octanol–water partition coefficient (Wildman–Crippen LogP) is 2.08. The number of imidazole rings is 1. The van der Waals surface area contributed by atoms with Crippen LogP contribution >= 0.6 is 11.3 Å². The van der Waals surface area contributed by atoms with Gasteiger partial charge in [0.15, 0.2) is 0 Å². The van der Waals surface area contributed by atoms with Crippen molar-refractivity contribution >= 4 is 28.7 Å². The summed E-state index contributed by atoms with van der Waals surface area (Å²) in [5, 5.41) is 21.4. The number of amides is 1. The highest BCUT2D eigenvalue weighted by molar-refractivity contribution is 7.13. The van der Waals surface area contributed by atoms with Crippen LogP contribution in [0.25, 0.3) is 0 Å². The number of nitrogens with one attached hydrogen (secondary N) is 1. The van der Waals surface area contributed by atoms with Crippen molar-refractivity contribution in [1.82, 2.24) is 19.7 Å². The lowest BCUT2D eigenvalue weighted by Gasteiger charge is -2.01. The molecule has 3 rings (SSSR count). The third-order valence-corrected chi connectivity index (χ3v) is 3.79. The van der Waals surface area contributed by atoms with Crippen LogP contribution in [0.4, 0.5) is 15.9 Å². The summed E-state index contributed by atoms with van der Waals surface area (Å²) in [7, 11) is 0. The van der Waals surface area contributed by atoms with Crippen molar-refractivity contribution in [1.29, 1.82) is 0 Å². The van der Waals surface area contributed by atoms with E-state index in [-0.39, 0.29) is 17.4 Å². The topological polar surface area (TPSA) is 116 Å². The molecule has 122 valence electrons. The van der Waals surface area contributed by atoms with Crippen molar-refractivity contribution in [3.63, 3.8) is 0 Å². The van der Waals surface area contributed by atoms with Gasteiger partial charge in [0, 0.05) is 5.69 Å². The molecular formula is C13H9FN6O3S. The first-order valence-corrected chi connectivity index (χ1v) is 7.38. The molecule has 1 amide bonds. The number of nitrogens with zero attached hydrogens (tertiary/aromatic N) is 5. The molecule has 0 saturated heterocycles. The second kappa shape index (κ2) is 6.50. The Morgan fingerprint density at radius 1 is 1.33 bits per heavy atom. The number of carbonyl (C=O) groups is 1. The molecule has 1 N–H and O–H groups in total. The SMILES string of the molecule is O=C(Nc1ccc(F)cc1)c1nnc(Cn2cnc([N+](=O)[O-])c2)s1. The maximum Gasteiger partial charge on any atom is 0.381 e. The molecule has 3 aromatic rings. The highest BCUT2D eigenvalue weighted by Gasteiger charge is 2.15. The molecule has 24 heavy (non-hydrogen) atoms. The van der Waals surface area contributed by atoms with Crippen molar-refractivity contribution in [3.05, 3.63) is 62.7 Å². The van der Waals surface area contributed by atoms with Gasteiger partial charge in [0.25, 0.3) is 5.91 Å². The van der Waals surface area contributed by atoms with Gasteiger partial charge >= 0.3 is 5.82 Å². The van der Waals surface area contributed by atoms with Crippen molar-refractivity contribution < 1.29 is 14.1 Å². The lowest BCUT2D eigenvalue weighted by molar-refractivity contribution is -0.389. The van der Waals surface area contributed by atoms with Crippen LogP contribution in [0.2, 0.25) is 0 Å². The van der Waals surface area contributed by atoms with E-state index in [4.69, 9.17) is 0 Å². The minimum absolute atomic E-state index is 0.129. The monoisotopic (exact) mass is 348 g/mol. The number of nitro groups is 1. The fourth-order valence-corrected chi connectivity index (χ4v) is 2.56. The minimum atomic E-state index is -0.599. The summed E-state index contributed by atoms with van der Waals surface area (Å²) in [4.78, 5) is 25.7. The second-order valence-electron chi connectivity index (χ2n) is 4.62. The molecule has 2 aromatic heterocycles. The van der Waals surface area contributed by atoms with Gasteiger partial charge in [-0.15, -0.1) is 10.2 Å². The number of rotatable bonds is 5. The molecule has 0 aliphatic carbocycles. The van der Waals surface area contributed by atoms with Crippen LogP contribution in [0.3, 0.4) is 0 Å². The Morgan fingerprint density at radius 2 is 2.08 bits per heavy atom. The molecule has 0 saturated carbocycles. The summed E-state index contributed by atoms with van der Waals surface area (Å²) in [5.41, 5.74) is 0.434. The van der Waals surface area contributed by atoms with Gasteiger partial charge in [0.1, 0.15) is 17.0 Å². The number of carbonyl (C=O) groups excluding carboxylic acids is 1. The average Bonchev–Trinajstić information content (AvgIpc) is 3.19. The summed E-state index contributed by atoms with van der Waals surface area (Å²) in [6.45, 7) is 0.211. The molecule has 0 aliphatic heterocycles. The predicted molar refractivity (Wildman–Crippen MR) is 82.2 cm³/mol. The smallest absolute Gasteiger partial charge is 0.358 e. The van der Waals surface area contributed by atoms with Gasteiger partial charge in [-0.05, 0) is 34.2 Å². The molecule has 0 bridgehead atoms. The lowest BCUT2D eigenvalue weighted by atomic mass is 10.3. The van der Waals surface area contributed by atoms with Gasteiger partial charge in [-0.25, -0.2) is 4.39 Å². The van der Waals surface area contributed by atoms with Crippen molar-refractivity contribution in [3.8, 4) is 0 Å². The Labute approximate surface area is 137 Å². The Hall–Kier alpha value is -3.21. The van der Waals surface area contributed by atoms with Crippen LogP contribution in [0, 0.1) is 15.9 Å². The van der Waals surface area contributed by atoms with Crippen LogP contribution in [-0.4, -0.2) is 30.6 Å². The van der Waals surface area contributed by atoms with E-state index in [0.29, 0.717) is 10.7 Å². The Morgan fingerprint density at radius 3 is 2.75 bits per heavy atom. The van der Waals surface area contributed by atoms with Crippen molar-refractivity contribution in [2.45, 2.75) is 6.54 Å². The molecule has 1 aromatic carbocycles. The first-order valence-electron chi connectivity index (χ1n) is 6.57. The quantitative estimate of drug-likeness (QED) is 0.557. The zero-order valence-corrected chi connectivity index (χ0v) is 12.7. The van der Waals surface area contributed by atoms with Gasteiger partial charge in [-0.1, -0.05) is 11.3 Å². The summed E-state index contributed by atoms with van der Waals surface area (Å²) in [6, 6.07) is 5.32. The summed E-state index contributed by atoms with van der Waals surface area (Å²) < 4.78 is 14.3. The number of anilines is 1. The van der Waals surface area contributed by atoms with Crippen LogP contribution in [0.1, 0.15) is 14.8 Å². The summed E-state index contributed by atoms with van der Waals surface area (Å²) >= 11 is 1.05. The molecule has 9 nitrogen and oxygen atoms in total. The van der Waals surface area contributed by atoms with Crippen LogP contribution < -0.4 is 5.32 Å². The second-order valence-corrected chi connectivity index (χ2v) is 5.69. The highest BCUT2D eigenvalue weighted by atomic mass is 32.1. The molecule has 0 atom stereocenters. The Bertz CT molecular complexity index is 891. The van der Waals surface area contributed by atoms with E-state index >= 15 is 0 Å². The third kappa shape index (κ3) is 3.57. The average molecular weight is 348 g/mol. The van der Waals surface area contributed by atoms with E-state index in [2.05, 4.69) is 20.5 Å². The zero-order chi connectivity index (χ0) is 17.1. The van der Waals surface area contributed by atoms with E-state index in [0.717, 1.165) is 11.3 Å². The third-order valence-electron chi connectivity index (χ3n) is 2.89.